The van der Waals surface area contributed by atoms with Gasteiger partial charge in [0.2, 0.25) is 5.91 Å². The quantitative estimate of drug-likeness (QED) is 0.818. The third-order valence-electron chi connectivity index (χ3n) is 3.81. The minimum Gasteiger partial charge on any atom is -0.486 e. The molecule has 0 spiro atoms. The molecule has 122 valence electrons. The van der Waals surface area contributed by atoms with E-state index in [2.05, 4.69) is 5.10 Å². The number of carbonyl (C=O) groups excluding carboxylic acids is 1. The lowest BCUT2D eigenvalue weighted by Crippen LogP contribution is -2.41. The summed E-state index contributed by atoms with van der Waals surface area (Å²) in [5, 5.41) is 4.13. The van der Waals surface area contributed by atoms with Gasteiger partial charge >= 0.3 is 0 Å². The molecule has 1 aromatic heterocycles. The van der Waals surface area contributed by atoms with Gasteiger partial charge in [-0.1, -0.05) is 12.1 Å². The van der Waals surface area contributed by atoms with E-state index in [1.165, 1.54) is 0 Å². The summed E-state index contributed by atoms with van der Waals surface area (Å²) in [6, 6.07) is 9.47. The van der Waals surface area contributed by atoms with Gasteiger partial charge in [0.1, 0.15) is 6.61 Å². The maximum absolute atomic E-state index is 12.2. The number of aromatic nitrogens is 2. The molecule has 1 aliphatic rings. The summed E-state index contributed by atoms with van der Waals surface area (Å²) in [5.74, 6) is 1.61. The second-order valence-electron chi connectivity index (χ2n) is 5.64. The van der Waals surface area contributed by atoms with Gasteiger partial charge in [0.15, 0.2) is 17.6 Å². The van der Waals surface area contributed by atoms with Gasteiger partial charge in [-0.25, -0.2) is 0 Å². The molecule has 1 aliphatic heterocycles. The molecule has 0 fully saturated rings. The van der Waals surface area contributed by atoms with E-state index in [0.29, 0.717) is 19.6 Å². The van der Waals surface area contributed by atoms with E-state index in [9.17, 15) is 4.79 Å². The topological polar surface area (TPSA) is 56.6 Å². The number of amides is 1. The van der Waals surface area contributed by atoms with Crippen molar-refractivity contribution in [1.29, 1.82) is 0 Å². The first kappa shape index (κ1) is 15.4. The Hall–Kier alpha value is -2.50. The zero-order chi connectivity index (χ0) is 16.1. The van der Waals surface area contributed by atoms with Crippen molar-refractivity contribution in [1.82, 2.24) is 14.7 Å². The van der Waals surface area contributed by atoms with E-state index >= 15 is 0 Å². The highest BCUT2D eigenvalue weighted by molar-refractivity contribution is 5.75. The molecule has 2 aromatic rings. The maximum Gasteiger partial charge on any atom is 0.222 e. The number of hydrogen-bond acceptors (Lipinski definition) is 4. The summed E-state index contributed by atoms with van der Waals surface area (Å²) in [6.45, 7) is 1.74. The lowest BCUT2D eigenvalue weighted by atomic mass is 10.2. The second-order valence-corrected chi connectivity index (χ2v) is 5.64. The van der Waals surface area contributed by atoms with Gasteiger partial charge in [-0.05, 0) is 24.6 Å². The Morgan fingerprint density at radius 2 is 2.17 bits per heavy atom. The number of nitrogens with zero attached hydrogens (tertiary/aromatic N) is 3. The predicted octanol–water partition coefficient (Wildman–Crippen LogP) is 1.96. The number of para-hydroxylation sites is 2. The summed E-state index contributed by atoms with van der Waals surface area (Å²) >= 11 is 0. The van der Waals surface area contributed by atoms with Crippen LogP contribution in [0.4, 0.5) is 0 Å². The maximum atomic E-state index is 12.2. The van der Waals surface area contributed by atoms with E-state index in [0.717, 1.165) is 24.5 Å². The van der Waals surface area contributed by atoms with Crippen LogP contribution in [0.15, 0.2) is 42.7 Å². The SMILES string of the molecule is CN(C[C@@H]1COc2ccccc2O1)C(=O)CCCn1cccn1. The van der Waals surface area contributed by atoms with Gasteiger partial charge in [0.25, 0.3) is 0 Å². The molecule has 0 radical (unpaired) electrons. The molecule has 0 N–H and O–H groups in total. The fourth-order valence-electron chi connectivity index (χ4n) is 2.58. The Morgan fingerprint density at radius 3 is 2.96 bits per heavy atom. The van der Waals surface area contributed by atoms with Crippen molar-refractivity contribution in [3.8, 4) is 11.5 Å². The van der Waals surface area contributed by atoms with Gasteiger partial charge in [-0.15, -0.1) is 0 Å². The molecule has 0 aliphatic carbocycles. The number of carbonyl (C=O) groups is 1. The van der Waals surface area contributed by atoms with Crippen LogP contribution >= 0.6 is 0 Å². The standard InChI is InChI=1S/C17H21N3O3/c1-19(17(21)8-4-10-20-11-5-9-18-20)12-14-13-22-15-6-2-3-7-16(15)23-14/h2-3,5-7,9,11,14H,4,8,10,12-13H2,1H3/t14-/m1/s1. The van der Waals surface area contributed by atoms with Crippen molar-refractivity contribution in [3.05, 3.63) is 42.7 Å². The summed E-state index contributed by atoms with van der Waals surface area (Å²) in [6.07, 6.45) is 4.78. The van der Waals surface area contributed by atoms with E-state index < -0.39 is 0 Å². The van der Waals surface area contributed by atoms with Gasteiger partial charge in [0, 0.05) is 32.4 Å². The van der Waals surface area contributed by atoms with Crippen LogP contribution in [-0.2, 0) is 11.3 Å². The molecule has 6 heteroatoms. The third-order valence-corrected chi connectivity index (χ3v) is 3.81. The summed E-state index contributed by atoms with van der Waals surface area (Å²) in [7, 11) is 1.81. The molecule has 23 heavy (non-hydrogen) atoms. The van der Waals surface area contributed by atoms with Crippen molar-refractivity contribution in [3.63, 3.8) is 0 Å². The fraction of sp³-hybridized carbons (Fsp3) is 0.412. The number of rotatable bonds is 6. The molecular weight excluding hydrogens is 294 g/mol. The number of fused-ring (bicyclic) bond motifs is 1. The van der Waals surface area contributed by atoms with Crippen LogP contribution in [0, 0.1) is 0 Å². The molecular formula is C17H21N3O3. The minimum atomic E-state index is -0.134. The van der Waals surface area contributed by atoms with Crippen LogP contribution in [-0.4, -0.2) is 46.9 Å². The monoisotopic (exact) mass is 315 g/mol. The molecule has 6 nitrogen and oxygen atoms in total. The van der Waals surface area contributed by atoms with E-state index in [-0.39, 0.29) is 12.0 Å². The van der Waals surface area contributed by atoms with Gasteiger partial charge in [0.05, 0.1) is 6.54 Å². The molecule has 1 amide bonds. The zero-order valence-corrected chi connectivity index (χ0v) is 13.2. The van der Waals surface area contributed by atoms with Gasteiger partial charge in [-0.3, -0.25) is 9.48 Å². The smallest absolute Gasteiger partial charge is 0.222 e. The predicted molar refractivity (Wildman–Crippen MR) is 85.5 cm³/mol. The first-order valence-corrected chi connectivity index (χ1v) is 7.82. The van der Waals surface area contributed by atoms with Crippen LogP contribution in [0.3, 0.4) is 0 Å². The van der Waals surface area contributed by atoms with Crippen LogP contribution in [0.25, 0.3) is 0 Å². The number of aryl methyl sites for hydroxylation is 1. The molecule has 0 unspecified atom stereocenters. The normalized spacial score (nSPS) is 16.1. The highest BCUT2D eigenvalue weighted by Crippen LogP contribution is 2.30. The van der Waals surface area contributed by atoms with Gasteiger partial charge in [-0.2, -0.15) is 5.10 Å². The van der Waals surface area contributed by atoms with Crippen molar-refractivity contribution in [2.45, 2.75) is 25.5 Å². The summed E-state index contributed by atoms with van der Waals surface area (Å²) in [5.41, 5.74) is 0. The van der Waals surface area contributed by atoms with Crippen LogP contribution in [0.2, 0.25) is 0 Å². The minimum absolute atomic E-state index is 0.111. The van der Waals surface area contributed by atoms with Crippen LogP contribution in [0.5, 0.6) is 11.5 Å². The van der Waals surface area contributed by atoms with Crippen molar-refractivity contribution in [2.75, 3.05) is 20.2 Å². The second kappa shape index (κ2) is 7.17. The molecule has 0 saturated carbocycles. The zero-order valence-electron chi connectivity index (χ0n) is 13.2. The Balaban J connectivity index is 1.43. The van der Waals surface area contributed by atoms with Gasteiger partial charge < -0.3 is 14.4 Å². The molecule has 1 aromatic carbocycles. The highest BCUT2D eigenvalue weighted by atomic mass is 16.6. The number of hydrogen-bond donors (Lipinski definition) is 0. The first-order chi connectivity index (χ1) is 11.2. The number of ether oxygens (including phenoxy) is 2. The average molecular weight is 315 g/mol. The lowest BCUT2D eigenvalue weighted by Gasteiger charge is -2.29. The Labute approximate surface area is 135 Å². The van der Waals surface area contributed by atoms with Crippen molar-refractivity contribution in [2.24, 2.45) is 0 Å². The Morgan fingerprint density at radius 1 is 1.35 bits per heavy atom. The summed E-state index contributed by atoms with van der Waals surface area (Å²) in [4.78, 5) is 13.9. The Kier molecular flexibility index (Phi) is 4.80. The molecule has 1 atom stereocenters. The fourth-order valence-corrected chi connectivity index (χ4v) is 2.58. The van der Waals surface area contributed by atoms with Crippen molar-refractivity contribution < 1.29 is 14.3 Å². The van der Waals surface area contributed by atoms with E-state index in [1.807, 2.05) is 41.2 Å². The Bertz CT molecular complexity index is 642. The van der Waals surface area contributed by atoms with E-state index in [4.69, 9.17) is 9.47 Å². The lowest BCUT2D eigenvalue weighted by molar-refractivity contribution is -0.131. The first-order valence-electron chi connectivity index (χ1n) is 7.82. The van der Waals surface area contributed by atoms with E-state index in [1.54, 1.807) is 18.1 Å². The average Bonchev–Trinajstić information content (AvgIpc) is 3.08. The summed E-state index contributed by atoms with van der Waals surface area (Å²) < 4.78 is 13.4. The molecule has 0 saturated heterocycles. The largest absolute Gasteiger partial charge is 0.486 e. The highest BCUT2D eigenvalue weighted by Gasteiger charge is 2.23. The molecule has 0 bridgehead atoms. The van der Waals surface area contributed by atoms with Crippen LogP contribution < -0.4 is 9.47 Å². The van der Waals surface area contributed by atoms with Crippen molar-refractivity contribution >= 4 is 5.91 Å². The number of benzene rings is 1. The van der Waals surface area contributed by atoms with Crippen LogP contribution in [0.1, 0.15) is 12.8 Å². The third kappa shape index (κ3) is 4.03. The molecule has 2 heterocycles. The number of likely N-dealkylation sites (N-methyl/N-ethyl adjacent to an activating group) is 1. The molecule has 3 rings (SSSR count).